The molecule has 1 atom stereocenters. The van der Waals surface area contributed by atoms with Crippen LogP contribution in [0.25, 0.3) is 0 Å². The van der Waals surface area contributed by atoms with E-state index in [0.717, 1.165) is 18.4 Å². The largest absolute Gasteiger partial charge is 0.591 e. The Bertz CT molecular complexity index is 709. The molecule has 4 nitrogen and oxygen atoms in total. The second kappa shape index (κ2) is 11.0. The molecule has 0 N–H and O–H groups in total. The normalized spacial score (nSPS) is 12.8. The van der Waals surface area contributed by atoms with Crippen LogP contribution < -0.4 is 4.74 Å². The quantitative estimate of drug-likeness (QED) is 0.458. The number of hydrogen-bond donors (Lipinski definition) is 0. The molecule has 0 radical (unpaired) electrons. The van der Waals surface area contributed by atoms with Crippen LogP contribution in [-0.4, -0.2) is 29.7 Å². The van der Waals surface area contributed by atoms with Gasteiger partial charge < -0.3 is 14.0 Å². The number of rotatable bonds is 10. The third-order valence-electron chi connectivity index (χ3n) is 3.72. The van der Waals surface area contributed by atoms with Crippen LogP contribution in [0.2, 0.25) is 0 Å². The van der Waals surface area contributed by atoms with Gasteiger partial charge in [-0.25, -0.2) is 4.39 Å². The zero-order valence-electron chi connectivity index (χ0n) is 15.1. The molecule has 0 bridgehead atoms. The van der Waals surface area contributed by atoms with Crippen molar-refractivity contribution in [2.24, 2.45) is 4.40 Å². The lowest BCUT2D eigenvalue weighted by Gasteiger charge is -2.11. The first-order valence-electron chi connectivity index (χ1n) is 8.55. The Kier molecular flexibility index (Phi) is 8.61. The Morgan fingerprint density at radius 3 is 2.65 bits per heavy atom. The molecule has 140 valence electrons. The molecule has 0 aliphatic rings. The van der Waals surface area contributed by atoms with Gasteiger partial charge in [-0.05, 0) is 30.2 Å². The van der Waals surface area contributed by atoms with Crippen LogP contribution in [0.5, 0.6) is 5.75 Å². The second-order valence-electron chi connectivity index (χ2n) is 5.74. The SMILES string of the molecule is CCCC[S+]([O-])N=C(COCc1ccccc1)c1cc(OC)ccc1F. The molecule has 26 heavy (non-hydrogen) atoms. The summed E-state index contributed by atoms with van der Waals surface area (Å²) in [5.41, 5.74) is 1.58. The minimum Gasteiger partial charge on any atom is -0.591 e. The van der Waals surface area contributed by atoms with Crippen molar-refractivity contribution in [2.45, 2.75) is 26.4 Å². The summed E-state index contributed by atoms with van der Waals surface area (Å²) in [4.78, 5) is 0. The summed E-state index contributed by atoms with van der Waals surface area (Å²) in [5, 5.41) is 0. The van der Waals surface area contributed by atoms with Gasteiger partial charge in [-0.3, -0.25) is 0 Å². The van der Waals surface area contributed by atoms with Gasteiger partial charge in [-0.1, -0.05) is 48.1 Å². The molecule has 0 aromatic heterocycles. The Hall–Kier alpha value is -1.89. The summed E-state index contributed by atoms with van der Waals surface area (Å²) in [6.45, 7) is 2.45. The molecule has 0 aliphatic heterocycles. The molecule has 2 rings (SSSR count). The van der Waals surface area contributed by atoms with E-state index in [1.54, 1.807) is 6.07 Å². The number of halogens is 1. The number of methoxy groups -OCH3 is 1. The molecule has 0 fully saturated rings. The summed E-state index contributed by atoms with van der Waals surface area (Å²) in [5.74, 6) is 0.515. The molecule has 2 aromatic rings. The third kappa shape index (κ3) is 6.44. The summed E-state index contributed by atoms with van der Waals surface area (Å²) in [6, 6.07) is 14.1. The Morgan fingerprint density at radius 2 is 1.96 bits per heavy atom. The van der Waals surface area contributed by atoms with Crippen LogP contribution in [0.4, 0.5) is 4.39 Å². The van der Waals surface area contributed by atoms with Gasteiger partial charge in [-0.2, -0.15) is 0 Å². The average molecular weight is 377 g/mol. The fourth-order valence-corrected chi connectivity index (χ4v) is 3.31. The van der Waals surface area contributed by atoms with Crippen molar-refractivity contribution in [1.82, 2.24) is 0 Å². The first-order valence-corrected chi connectivity index (χ1v) is 9.83. The maximum absolute atomic E-state index is 14.3. The topological polar surface area (TPSA) is 53.9 Å². The number of hydrogen-bond acceptors (Lipinski definition) is 4. The minimum atomic E-state index is -1.41. The van der Waals surface area contributed by atoms with E-state index < -0.39 is 17.2 Å². The first kappa shape index (κ1) is 20.4. The Morgan fingerprint density at radius 1 is 1.19 bits per heavy atom. The fraction of sp³-hybridized carbons (Fsp3) is 0.350. The molecular formula is C20H24FNO3S. The maximum Gasteiger partial charge on any atom is 0.133 e. The lowest BCUT2D eigenvalue weighted by molar-refractivity contribution is 0.158. The molecule has 1 unspecified atom stereocenters. The maximum atomic E-state index is 14.3. The molecule has 0 amide bonds. The highest BCUT2D eigenvalue weighted by atomic mass is 32.2. The highest BCUT2D eigenvalue weighted by Gasteiger charge is 2.16. The van der Waals surface area contributed by atoms with E-state index in [9.17, 15) is 8.94 Å². The number of nitrogens with zero attached hydrogens (tertiary/aromatic N) is 1. The van der Waals surface area contributed by atoms with E-state index in [4.69, 9.17) is 9.47 Å². The monoisotopic (exact) mass is 377 g/mol. The average Bonchev–Trinajstić information content (AvgIpc) is 2.67. The molecule has 0 heterocycles. The van der Waals surface area contributed by atoms with Gasteiger partial charge in [0, 0.05) is 5.56 Å². The van der Waals surface area contributed by atoms with Crippen LogP contribution in [0.15, 0.2) is 52.9 Å². The summed E-state index contributed by atoms with van der Waals surface area (Å²) >= 11 is -1.41. The van der Waals surface area contributed by atoms with Crippen molar-refractivity contribution in [3.63, 3.8) is 0 Å². The van der Waals surface area contributed by atoms with Crippen molar-refractivity contribution >= 4 is 17.1 Å². The molecule has 0 aliphatic carbocycles. The van der Waals surface area contributed by atoms with Crippen molar-refractivity contribution in [1.29, 1.82) is 0 Å². The Labute approximate surface area is 157 Å². The first-order chi connectivity index (χ1) is 12.6. The summed E-state index contributed by atoms with van der Waals surface area (Å²) in [7, 11) is 1.51. The van der Waals surface area contributed by atoms with Crippen molar-refractivity contribution in [3.8, 4) is 5.75 Å². The zero-order valence-corrected chi connectivity index (χ0v) is 15.9. The highest BCUT2D eigenvalue weighted by molar-refractivity contribution is 7.90. The lowest BCUT2D eigenvalue weighted by Crippen LogP contribution is -2.16. The van der Waals surface area contributed by atoms with Crippen LogP contribution in [0.3, 0.4) is 0 Å². The second-order valence-corrected chi connectivity index (χ2v) is 6.98. The van der Waals surface area contributed by atoms with Gasteiger partial charge in [0.25, 0.3) is 0 Å². The van der Waals surface area contributed by atoms with Crippen LogP contribution in [-0.2, 0) is 22.7 Å². The number of benzene rings is 2. The molecular weight excluding hydrogens is 353 g/mol. The third-order valence-corrected chi connectivity index (χ3v) is 4.78. The summed E-state index contributed by atoms with van der Waals surface area (Å²) in [6.07, 6.45) is 1.73. The number of unbranched alkanes of at least 4 members (excludes halogenated alkanes) is 1. The van der Waals surface area contributed by atoms with Gasteiger partial charge in [0.05, 0.1) is 31.7 Å². The zero-order chi connectivity index (χ0) is 18.8. The Balaban J connectivity index is 2.17. The van der Waals surface area contributed by atoms with Gasteiger partial charge in [0.1, 0.15) is 23.0 Å². The van der Waals surface area contributed by atoms with E-state index in [2.05, 4.69) is 4.40 Å². The van der Waals surface area contributed by atoms with Crippen molar-refractivity contribution in [2.75, 3.05) is 19.5 Å². The fourth-order valence-electron chi connectivity index (χ4n) is 2.28. The van der Waals surface area contributed by atoms with Gasteiger partial charge in [-0.15, -0.1) is 0 Å². The van der Waals surface area contributed by atoms with E-state index in [-0.39, 0.29) is 12.2 Å². The van der Waals surface area contributed by atoms with Crippen LogP contribution >= 0.6 is 0 Å². The predicted octanol–water partition coefficient (Wildman–Crippen LogP) is 4.30. The lowest BCUT2D eigenvalue weighted by atomic mass is 10.1. The molecule has 0 saturated heterocycles. The van der Waals surface area contributed by atoms with Gasteiger partial charge in [0.2, 0.25) is 0 Å². The van der Waals surface area contributed by atoms with Gasteiger partial charge >= 0.3 is 0 Å². The molecule has 6 heteroatoms. The summed E-state index contributed by atoms with van der Waals surface area (Å²) < 4.78 is 41.6. The standard InChI is InChI=1S/C20H24FNO3S/c1-3-4-12-26(23)22-20(15-25-14-16-8-6-5-7-9-16)18-13-17(24-2)10-11-19(18)21/h5-11,13H,3-4,12,14-15H2,1-2H3. The highest BCUT2D eigenvalue weighted by Crippen LogP contribution is 2.19. The van der Waals surface area contributed by atoms with Crippen LogP contribution in [0.1, 0.15) is 30.9 Å². The molecule has 0 spiro atoms. The van der Waals surface area contributed by atoms with Crippen molar-refractivity contribution < 1.29 is 18.4 Å². The van der Waals surface area contributed by atoms with E-state index >= 15 is 0 Å². The smallest absolute Gasteiger partial charge is 0.133 e. The van der Waals surface area contributed by atoms with Crippen molar-refractivity contribution in [3.05, 3.63) is 65.5 Å². The van der Waals surface area contributed by atoms with Gasteiger partial charge in [0.15, 0.2) is 0 Å². The number of ether oxygens (including phenoxy) is 2. The predicted molar refractivity (Wildman–Crippen MR) is 104 cm³/mol. The molecule has 2 aromatic carbocycles. The van der Waals surface area contributed by atoms with E-state index in [1.807, 2.05) is 37.3 Å². The van der Waals surface area contributed by atoms with Crippen LogP contribution in [0, 0.1) is 5.82 Å². The minimum absolute atomic E-state index is 0.0663. The van der Waals surface area contributed by atoms with E-state index in [1.165, 1.54) is 19.2 Å². The molecule has 0 saturated carbocycles. The van der Waals surface area contributed by atoms with E-state index in [0.29, 0.717) is 23.8 Å².